The van der Waals surface area contributed by atoms with Crippen molar-refractivity contribution in [1.82, 2.24) is 0 Å². The summed E-state index contributed by atoms with van der Waals surface area (Å²) in [5.74, 6) is 1.55. The standard InChI is InChI=1S/C21H26O3/c1-4-23-20(22)16-21(2,3)15-14-17-10-12-19(13-11-17)24-18-8-6-5-7-9-18/h5-13H,4,14-16H2,1-3H3. The average molecular weight is 326 g/mol. The van der Waals surface area contributed by atoms with Crippen LogP contribution >= 0.6 is 0 Å². The molecule has 0 aliphatic carbocycles. The molecule has 2 rings (SSSR count). The average Bonchev–Trinajstić information content (AvgIpc) is 2.55. The van der Waals surface area contributed by atoms with Gasteiger partial charge in [0.05, 0.1) is 13.0 Å². The summed E-state index contributed by atoms with van der Waals surface area (Å²) >= 11 is 0. The van der Waals surface area contributed by atoms with E-state index in [0.29, 0.717) is 13.0 Å². The number of benzene rings is 2. The highest BCUT2D eigenvalue weighted by atomic mass is 16.5. The Morgan fingerprint density at radius 1 is 0.958 bits per heavy atom. The van der Waals surface area contributed by atoms with Crippen LogP contribution in [0.4, 0.5) is 0 Å². The maximum absolute atomic E-state index is 11.6. The first-order chi connectivity index (χ1) is 11.5. The fourth-order valence-electron chi connectivity index (χ4n) is 2.52. The van der Waals surface area contributed by atoms with Gasteiger partial charge in [-0.1, -0.05) is 44.2 Å². The predicted octanol–water partition coefficient (Wildman–Crippen LogP) is 5.39. The Kier molecular flexibility index (Phi) is 6.42. The summed E-state index contributed by atoms with van der Waals surface area (Å²) < 4.78 is 10.8. The number of hydrogen-bond acceptors (Lipinski definition) is 3. The lowest BCUT2D eigenvalue weighted by Gasteiger charge is -2.23. The molecule has 0 N–H and O–H groups in total. The van der Waals surface area contributed by atoms with Crippen molar-refractivity contribution in [3.8, 4) is 11.5 Å². The number of aryl methyl sites for hydroxylation is 1. The largest absolute Gasteiger partial charge is 0.466 e. The molecule has 24 heavy (non-hydrogen) atoms. The van der Waals surface area contributed by atoms with E-state index in [1.165, 1.54) is 5.56 Å². The van der Waals surface area contributed by atoms with Crippen molar-refractivity contribution in [3.05, 3.63) is 60.2 Å². The maximum atomic E-state index is 11.6. The van der Waals surface area contributed by atoms with Crippen LogP contribution < -0.4 is 4.74 Å². The van der Waals surface area contributed by atoms with Gasteiger partial charge >= 0.3 is 5.97 Å². The second-order valence-corrected chi connectivity index (χ2v) is 6.71. The highest BCUT2D eigenvalue weighted by molar-refractivity contribution is 5.70. The number of carbonyl (C=O) groups is 1. The van der Waals surface area contributed by atoms with Crippen molar-refractivity contribution in [3.63, 3.8) is 0 Å². The molecule has 0 heterocycles. The summed E-state index contributed by atoms with van der Waals surface area (Å²) in [6.07, 6.45) is 2.32. The van der Waals surface area contributed by atoms with E-state index in [1.54, 1.807) is 0 Å². The smallest absolute Gasteiger partial charge is 0.306 e. The van der Waals surface area contributed by atoms with Crippen LogP contribution in [0.15, 0.2) is 54.6 Å². The van der Waals surface area contributed by atoms with Crippen molar-refractivity contribution in [2.75, 3.05) is 6.61 Å². The molecule has 0 bridgehead atoms. The van der Waals surface area contributed by atoms with E-state index in [1.807, 2.05) is 49.4 Å². The van der Waals surface area contributed by atoms with E-state index in [4.69, 9.17) is 9.47 Å². The third-order valence-corrected chi connectivity index (χ3v) is 3.92. The molecule has 0 fully saturated rings. The first-order valence-corrected chi connectivity index (χ1v) is 8.46. The van der Waals surface area contributed by atoms with E-state index < -0.39 is 0 Å². The number of hydrogen-bond donors (Lipinski definition) is 0. The first kappa shape index (κ1) is 18.1. The van der Waals surface area contributed by atoms with E-state index in [9.17, 15) is 4.79 Å². The van der Waals surface area contributed by atoms with Gasteiger partial charge in [0.2, 0.25) is 0 Å². The minimum absolute atomic E-state index is 0.0640. The molecule has 3 heteroatoms. The SMILES string of the molecule is CCOC(=O)CC(C)(C)CCc1ccc(Oc2ccccc2)cc1. The van der Waals surface area contributed by atoms with Gasteiger partial charge in [-0.3, -0.25) is 4.79 Å². The van der Waals surface area contributed by atoms with Crippen LogP contribution in [-0.4, -0.2) is 12.6 Å². The van der Waals surface area contributed by atoms with E-state index in [-0.39, 0.29) is 11.4 Å². The summed E-state index contributed by atoms with van der Waals surface area (Å²) in [5, 5.41) is 0. The fraction of sp³-hybridized carbons (Fsp3) is 0.381. The monoisotopic (exact) mass is 326 g/mol. The lowest BCUT2D eigenvalue weighted by atomic mass is 9.83. The lowest BCUT2D eigenvalue weighted by Crippen LogP contribution is -2.19. The van der Waals surface area contributed by atoms with Crippen LogP contribution in [0.1, 0.15) is 39.2 Å². The Morgan fingerprint density at radius 2 is 1.58 bits per heavy atom. The zero-order chi connectivity index (χ0) is 17.4. The highest BCUT2D eigenvalue weighted by Crippen LogP contribution is 2.28. The van der Waals surface area contributed by atoms with Crippen molar-refractivity contribution >= 4 is 5.97 Å². The summed E-state index contributed by atoms with van der Waals surface area (Å²) in [6.45, 7) is 6.50. The second-order valence-electron chi connectivity index (χ2n) is 6.71. The fourth-order valence-corrected chi connectivity index (χ4v) is 2.52. The van der Waals surface area contributed by atoms with E-state index >= 15 is 0 Å². The van der Waals surface area contributed by atoms with Gasteiger partial charge in [0.25, 0.3) is 0 Å². The molecule has 128 valence electrons. The van der Waals surface area contributed by atoms with Gasteiger partial charge in [0, 0.05) is 0 Å². The summed E-state index contributed by atoms with van der Waals surface area (Å²) in [7, 11) is 0. The van der Waals surface area contributed by atoms with Crippen molar-refractivity contribution in [1.29, 1.82) is 0 Å². The molecule has 0 unspecified atom stereocenters. The minimum Gasteiger partial charge on any atom is -0.466 e. The summed E-state index contributed by atoms with van der Waals surface area (Å²) in [5.41, 5.74) is 1.18. The van der Waals surface area contributed by atoms with E-state index in [2.05, 4.69) is 26.0 Å². The molecule has 0 saturated carbocycles. The number of esters is 1. The van der Waals surface area contributed by atoms with Gasteiger partial charge in [-0.2, -0.15) is 0 Å². The molecule has 3 nitrogen and oxygen atoms in total. The van der Waals surface area contributed by atoms with Crippen molar-refractivity contribution in [2.24, 2.45) is 5.41 Å². The third-order valence-electron chi connectivity index (χ3n) is 3.92. The predicted molar refractivity (Wildman–Crippen MR) is 96.3 cm³/mol. The lowest BCUT2D eigenvalue weighted by molar-refractivity contribution is -0.145. The summed E-state index contributed by atoms with van der Waals surface area (Å²) in [6, 6.07) is 17.9. The van der Waals surface area contributed by atoms with Crippen LogP contribution in [-0.2, 0) is 16.0 Å². The van der Waals surface area contributed by atoms with Gasteiger partial charge in [-0.25, -0.2) is 0 Å². The van der Waals surface area contributed by atoms with E-state index in [0.717, 1.165) is 24.3 Å². The number of carbonyl (C=O) groups excluding carboxylic acids is 1. The Bertz CT molecular complexity index is 630. The Morgan fingerprint density at radius 3 is 2.21 bits per heavy atom. The molecule has 2 aromatic rings. The molecular formula is C21H26O3. The van der Waals surface area contributed by atoms with Gasteiger partial charge < -0.3 is 9.47 Å². The third kappa shape index (κ3) is 6.07. The Balaban J connectivity index is 1.86. The van der Waals surface area contributed by atoms with Crippen LogP contribution in [0.5, 0.6) is 11.5 Å². The molecule has 0 atom stereocenters. The number of ether oxygens (including phenoxy) is 2. The van der Waals surface area contributed by atoms with Crippen molar-refractivity contribution < 1.29 is 14.3 Å². The molecule has 0 aliphatic rings. The molecule has 0 radical (unpaired) electrons. The van der Waals surface area contributed by atoms with Crippen LogP contribution in [0, 0.1) is 5.41 Å². The number of para-hydroxylation sites is 1. The highest BCUT2D eigenvalue weighted by Gasteiger charge is 2.22. The topological polar surface area (TPSA) is 35.5 Å². The number of rotatable bonds is 8. The minimum atomic E-state index is -0.117. The molecule has 0 aliphatic heterocycles. The molecule has 0 amide bonds. The van der Waals surface area contributed by atoms with Gasteiger partial charge in [0.15, 0.2) is 0 Å². The zero-order valence-electron chi connectivity index (χ0n) is 14.7. The Hall–Kier alpha value is -2.29. The molecule has 0 saturated heterocycles. The normalized spacial score (nSPS) is 11.1. The quantitative estimate of drug-likeness (QED) is 0.610. The summed E-state index contributed by atoms with van der Waals surface area (Å²) in [4.78, 5) is 11.6. The van der Waals surface area contributed by atoms with Crippen LogP contribution in [0.25, 0.3) is 0 Å². The van der Waals surface area contributed by atoms with Gasteiger partial charge in [-0.05, 0) is 55.0 Å². The molecule has 0 spiro atoms. The Labute approximate surface area is 144 Å². The van der Waals surface area contributed by atoms with Crippen LogP contribution in [0.2, 0.25) is 0 Å². The maximum Gasteiger partial charge on any atom is 0.306 e. The van der Waals surface area contributed by atoms with Gasteiger partial charge in [-0.15, -0.1) is 0 Å². The zero-order valence-corrected chi connectivity index (χ0v) is 14.7. The molecule has 2 aromatic carbocycles. The van der Waals surface area contributed by atoms with Gasteiger partial charge in [0.1, 0.15) is 11.5 Å². The molecule has 0 aromatic heterocycles. The molecular weight excluding hydrogens is 300 g/mol. The van der Waals surface area contributed by atoms with Crippen LogP contribution in [0.3, 0.4) is 0 Å². The van der Waals surface area contributed by atoms with Crippen molar-refractivity contribution in [2.45, 2.75) is 40.0 Å². The second kappa shape index (κ2) is 8.53. The first-order valence-electron chi connectivity index (χ1n) is 8.46.